The largest absolute Gasteiger partial charge is 0.460 e. The fourth-order valence-electron chi connectivity index (χ4n) is 4.11. The molecule has 5 nitrogen and oxygen atoms in total. The van der Waals surface area contributed by atoms with E-state index in [0.29, 0.717) is 0 Å². The minimum absolute atomic E-state index is 0. The SMILES string of the molecule is C=C[Si](C)(C)O[Si](C)(C)O[Si](O[Si](C)(C)C=C)(c1ccccc1)c1ccccc1.[CH2+]O[Si]1(OC)CCCS1.[U].[V]. The second-order valence-corrected chi connectivity index (χ2v) is 31.5. The van der Waals surface area contributed by atoms with Gasteiger partial charge in [-0.25, -0.2) is 4.43 Å². The van der Waals surface area contributed by atoms with E-state index in [0.717, 1.165) is 16.4 Å². The van der Waals surface area contributed by atoms with E-state index in [4.69, 9.17) is 21.2 Å². The molecule has 1 radical (unpaired) electrons. The zero-order chi connectivity index (χ0) is 28.5. The Hall–Kier alpha value is 0.661. The molecular weight excluding hydrogens is 866 g/mol. The van der Waals surface area contributed by atoms with E-state index in [1.165, 1.54) is 12.2 Å². The summed E-state index contributed by atoms with van der Waals surface area (Å²) in [5.74, 6) is 1.18. The Balaban J connectivity index is 0.00000118. The van der Waals surface area contributed by atoms with Crippen LogP contribution < -0.4 is 10.4 Å². The molecule has 40 heavy (non-hydrogen) atoms. The summed E-state index contributed by atoms with van der Waals surface area (Å²) in [6, 6.07) is 21.8. The molecule has 0 saturated carbocycles. The van der Waals surface area contributed by atoms with Crippen molar-refractivity contribution in [2.45, 2.75) is 51.7 Å². The first kappa shape index (κ1) is 40.7. The van der Waals surface area contributed by atoms with Crippen molar-refractivity contribution in [2.75, 3.05) is 12.9 Å². The topological polar surface area (TPSA) is 46.2 Å². The first-order valence-corrected chi connectivity index (χ1v) is 27.2. The first-order chi connectivity index (χ1) is 17.8. The van der Waals surface area contributed by atoms with Gasteiger partial charge >= 0.3 is 24.8 Å². The summed E-state index contributed by atoms with van der Waals surface area (Å²) in [6.07, 6.45) is 1.22. The van der Waals surface area contributed by atoms with Crippen LogP contribution in [0.5, 0.6) is 0 Å². The molecule has 2 aromatic carbocycles. The third-order valence-electron chi connectivity index (χ3n) is 6.08. The molecule has 0 aliphatic carbocycles. The zero-order valence-electron chi connectivity index (χ0n) is 25.1. The summed E-state index contributed by atoms with van der Waals surface area (Å²) in [6.45, 7) is 20.9. The molecule has 0 N–H and O–H groups in total. The molecule has 0 amide bonds. The Morgan fingerprint density at radius 1 is 0.800 bits per heavy atom. The smallest absolute Gasteiger partial charge is 0.433 e. The van der Waals surface area contributed by atoms with Gasteiger partial charge in [0.25, 0.3) is 0 Å². The maximum atomic E-state index is 7.08. The number of rotatable bonds is 12. The van der Waals surface area contributed by atoms with Crippen molar-refractivity contribution in [2.24, 2.45) is 0 Å². The molecule has 1 fully saturated rings. The van der Waals surface area contributed by atoms with E-state index in [1.54, 1.807) is 7.11 Å². The van der Waals surface area contributed by atoms with Crippen molar-refractivity contribution in [3.8, 4) is 0 Å². The van der Waals surface area contributed by atoms with Crippen LogP contribution in [0.1, 0.15) is 6.42 Å². The zero-order valence-corrected chi connectivity index (χ0v) is 36.4. The molecule has 217 valence electrons. The second kappa shape index (κ2) is 17.8. The molecule has 13 heteroatoms. The van der Waals surface area contributed by atoms with Crippen molar-refractivity contribution in [1.29, 1.82) is 0 Å². The molecular formula is C27H45O5SSi5UV+. The van der Waals surface area contributed by atoms with Gasteiger partial charge < -0.3 is 16.8 Å². The summed E-state index contributed by atoms with van der Waals surface area (Å²) in [7, 11) is -6.43. The van der Waals surface area contributed by atoms with Crippen molar-refractivity contribution in [1.82, 2.24) is 0 Å². The quantitative estimate of drug-likeness (QED) is 0.183. The van der Waals surface area contributed by atoms with Crippen LogP contribution >= 0.6 is 11.2 Å². The molecule has 3 rings (SSSR count). The minimum Gasteiger partial charge on any atom is -0.433 e. The van der Waals surface area contributed by atoms with Crippen molar-refractivity contribution in [3.63, 3.8) is 0 Å². The van der Waals surface area contributed by atoms with Gasteiger partial charge in [-0.15, -0.1) is 24.4 Å². The summed E-state index contributed by atoms with van der Waals surface area (Å²) < 4.78 is 31.0. The summed E-state index contributed by atoms with van der Waals surface area (Å²) in [5, 5.41) is 2.19. The predicted octanol–water partition coefficient (Wildman–Crippen LogP) is 6.37. The van der Waals surface area contributed by atoms with Crippen LogP contribution in [0.15, 0.2) is 85.2 Å². The van der Waals surface area contributed by atoms with Gasteiger partial charge in [-0.05, 0) is 61.8 Å². The predicted molar refractivity (Wildman–Crippen MR) is 175 cm³/mol. The van der Waals surface area contributed by atoms with E-state index in [9.17, 15) is 0 Å². The molecule has 0 spiro atoms. The summed E-state index contributed by atoms with van der Waals surface area (Å²) in [4.78, 5) is 0. The van der Waals surface area contributed by atoms with Gasteiger partial charge in [0.05, 0.1) is 0 Å². The van der Waals surface area contributed by atoms with E-state index in [2.05, 4.69) is 83.8 Å². The fraction of sp³-hybridized carbons (Fsp3) is 0.370. The van der Waals surface area contributed by atoms with Gasteiger partial charge in [-0.1, -0.05) is 72.1 Å². The third-order valence-corrected chi connectivity index (χ3v) is 27.0. The van der Waals surface area contributed by atoms with Crippen molar-refractivity contribution < 1.29 is 70.9 Å². The maximum Gasteiger partial charge on any atom is 0.460 e. The molecule has 2 aromatic rings. The molecule has 1 atom stereocenters. The van der Waals surface area contributed by atoms with Crippen molar-refractivity contribution in [3.05, 3.63) is 92.3 Å². The second-order valence-electron chi connectivity index (χ2n) is 10.7. The molecule has 1 unspecified atom stereocenters. The molecule has 1 saturated heterocycles. The monoisotopic (exact) mass is 910 g/mol. The molecule has 1 heterocycles. The van der Waals surface area contributed by atoms with Gasteiger partial charge in [0.1, 0.15) is 0 Å². The van der Waals surface area contributed by atoms with Crippen LogP contribution in [0.3, 0.4) is 0 Å². The normalized spacial score (nSPS) is 17.5. The Morgan fingerprint density at radius 2 is 1.25 bits per heavy atom. The molecule has 0 aromatic heterocycles. The molecule has 1 aliphatic heterocycles. The Labute approximate surface area is 288 Å². The number of hydrogen-bond acceptors (Lipinski definition) is 6. The number of benzene rings is 2. The average Bonchev–Trinajstić information content (AvgIpc) is 3.38. The van der Waals surface area contributed by atoms with Crippen LogP contribution in [0.25, 0.3) is 0 Å². The standard InChI is InChI=1S/C22H34O3Si4.C5H11O2SSi.U.V/c1-9-26(3,4)23-28(7,8)25-29(24-27(5,6)10-2,21-17-13-11-14-18-21)22-19-15-12-16-20-22;1-6-9(7-2)5-3-4-8-9;;/h9-20H,1-2H2,3-8H3;1,3-5H2,2H3;;/q;+1;;. The van der Waals surface area contributed by atoms with Crippen molar-refractivity contribution >= 4 is 63.1 Å². The van der Waals surface area contributed by atoms with Gasteiger partial charge in [0, 0.05) is 62.8 Å². The van der Waals surface area contributed by atoms with Crippen LogP contribution in [-0.2, 0) is 39.8 Å². The Kier molecular flexibility index (Phi) is 18.1. The third kappa shape index (κ3) is 12.0. The molecule has 0 bridgehead atoms. The van der Waals surface area contributed by atoms with E-state index in [-0.39, 0.29) is 49.7 Å². The van der Waals surface area contributed by atoms with Crippen LogP contribution in [0.2, 0.25) is 45.3 Å². The van der Waals surface area contributed by atoms with Gasteiger partial charge in [0.15, 0.2) is 8.32 Å². The van der Waals surface area contributed by atoms with Gasteiger partial charge in [-0.2, -0.15) is 0 Å². The first-order valence-electron chi connectivity index (χ1n) is 12.9. The average molecular weight is 911 g/mol. The van der Waals surface area contributed by atoms with Crippen LogP contribution in [0, 0.1) is 38.2 Å². The Morgan fingerprint density at radius 3 is 1.57 bits per heavy atom. The van der Waals surface area contributed by atoms with Crippen LogP contribution in [-0.4, -0.2) is 54.3 Å². The number of hydrogen-bond donors (Lipinski definition) is 0. The maximum absolute atomic E-state index is 7.08. The van der Waals surface area contributed by atoms with E-state index < -0.39 is 41.5 Å². The minimum atomic E-state index is -3.04. The fourth-order valence-corrected chi connectivity index (χ4v) is 25.3. The van der Waals surface area contributed by atoms with Gasteiger partial charge in [-0.3, -0.25) is 0 Å². The van der Waals surface area contributed by atoms with Gasteiger partial charge in [0.2, 0.25) is 15.4 Å². The van der Waals surface area contributed by atoms with Crippen LogP contribution in [0.4, 0.5) is 0 Å². The van der Waals surface area contributed by atoms with E-state index >= 15 is 0 Å². The Bertz CT molecular complexity index is 983. The summed E-state index contributed by atoms with van der Waals surface area (Å²) >= 11 is 1.82. The van der Waals surface area contributed by atoms with E-state index in [1.807, 2.05) is 59.0 Å². The molecule has 1 aliphatic rings. The summed E-state index contributed by atoms with van der Waals surface area (Å²) in [5.41, 5.74) is 3.94.